The van der Waals surface area contributed by atoms with E-state index in [0.717, 1.165) is 0 Å². The zero-order valence-corrected chi connectivity index (χ0v) is 12.2. The van der Waals surface area contributed by atoms with Crippen LogP contribution in [0.1, 0.15) is 17.3 Å². The van der Waals surface area contributed by atoms with E-state index in [1.165, 1.54) is 13.0 Å². The van der Waals surface area contributed by atoms with Crippen LogP contribution in [0.5, 0.6) is 5.75 Å². The lowest BCUT2D eigenvalue weighted by Gasteiger charge is -1.95. The lowest BCUT2D eigenvalue weighted by atomic mass is 10.2. The number of carbonyl (C=O) groups is 1. The van der Waals surface area contributed by atoms with Gasteiger partial charge in [-0.2, -0.15) is 0 Å². The summed E-state index contributed by atoms with van der Waals surface area (Å²) in [5, 5.41) is 9.46. The molecule has 0 spiro atoms. The highest BCUT2D eigenvalue weighted by Crippen LogP contribution is 2.29. The summed E-state index contributed by atoms with van der Waals surface area (Å²) in [6.07, 6.45) is 0. The number of halogens is 3. The second kappa shape index (κ2) is 4.76. The van der Waals surface area contributed by atoms with E-state index in [0.29, 0.717) is 4.47 Å². The first kappa shape index (κ1) is 12.9. The Bertz CT molecular complexity index is 497. The van der Waals surface area contributed by atoms with Gasteiger partial charge in [0.15, 0.2) is 11.5 Å². The van der Waals surface area contributed by atoms with Gasteiger partial charge in [-0.25, -0.2) is 0 Å². The molecule has 0 aliphatic heterocycles. The first-order chi connectivity index (χ1) is 6.86. The van der Waals surface area contributed by atoms with Gasteiger partial charge in [-0.3, -0.25) is 9.59 Å². The molecule has 0 atom stereocenters. The first-order valence-corrected chi connectivity index (χ1v) is 6.16. The molecule has 0 unspecified atom stereocenters. The van der Waals surface area contributed by atoms with E-state index in [2.05, 4.69) is 47.8 Å². The number of carbonyl (C=O) groups excluding carboxylic acids is 1. The summed E-state index contributed by atoms with van der Waals surface area (Å²) in [5.41, 5.74) is -0.418. The largest absolute Gasteiger partial charge is 0.503 e. The molecule has 0 aromatic heterocycles. The number of hydrogen-bond donors (Lipinski definition) is 1. The number of aromatic hydroxyl groups is 1. The third kappa shape index (κ3) is 2.49. The molecule has 0 heterocycles. The molecule has 0 saturated carbocycles. The molecular formula is C9H5Br3O3. The Labute approximate surface area is 111 Å². The van der Waals surface area contributed by atoms with E-state index < -0.39 is 11.2 Å². The molecule has 1 N–H and O–H groups in total. The van der Waals surface area contributed by atoms with Crippen LogP contribution in [0, 0.1) is 0 Å². The Hall–Kier alpha value is -0.200. The minimum Gasteiger partial charge on any atom is -0.503 e. The fourth-order valence-corrected chi connectivity index (χ4v) is 3.37. The fourth-order valence-electron chi connectivity index (χ4n) is 1.01. The van der Waals surface area contributed by atoms with Crippen LogP contribution in [0.15, 0.2) is 24.3 Å². The maximum atomic E-state index is 11.6. The van der Waals surface area contributed by atoms with E-state index in [9.17, 15) is 14.7 Å². The van der Waals surface area contributed by atoms with Crippen molar-refractivity contribution >= 4 is 53.6 Å². The topological polar surface area (TPSA) is 54.4 Å². The normalized spacial score (nSPS) is 10.1. The Morgan fingerprint density at radius 2 is 1.80 bits per heavy atom. The molecule has 80 valence electrons. The molecule has 0 aliphatic carbocycles. The average Bonchev–Trinajstić information content (AvgIpc) is 2.19. The van der Waals surface area contributed by atoms with Crippen LogP contribution >= 0.6 is 47.8 Å². The predicted octanol–water partition coefficient (Wildman–Crippen LogP) is 3.24. The lowest BCUT2D eigenvalue weighted by molar-refractivity contribution is 0.101. The molecule has 1 aromatic rings. The van der Waals surface area contributed by atoms with Gasteiger partial charge in [0, 0.05) is 10.0 Å². The second-order valence-corrected chi connectivity index (χ2v) is 5.26. The van der Waals surface area contributed by atoms with Gasteiger partial charge in [0.05, 0.1) is 8.95 Å². The van der Waals surface area contributed by atoms with Crippen LogP contribution in [0.25, 0.3) is 0 Å². The van der Waals surface area contributed by atoms with E-state index in [1.807, 2.05) is 0 Å². The van der Waals surface area contributed by atoms with Gasteiger partial charge in [-0.05, 0) is 60.8 Å². The summed E-state index contributed by atoms with van der Waals surface area (Å²) in [4.78, 5) is 22.9. The zero-order chi connectivity index (χ0) is 11.7. The van der Waals surface area contributed by atoms with Crippen molar-refractivity contribution in [3.8, 4) is 5.75 Å². The van der Waals surface area contributed by atoms with Crippen molar-refractivity contribution in [2.75, 3.05) is 0 Å². The predicted molar refractivity (Wildman–Crippen MR) is 67.5 cm³/mol. The highest BCUT2D eigenvalue weighted by molar-refractivity contribution is 9.11. The Morgan fingerprint density at radius 3 is 2.27 bits per heavy atom. The van der Waals surface area contributed by atoms with Crippen LogP contribution in [0.3, 0.4) is 0 Å². The molecule has 0 bridgehead atoms. The molecular weight excluding hydrogens is 396 g/mol. The number of hydrogen-bond acceptors (Lipinski definition) is 3. The van der Waals surface area contributed by atoms with Gasteiger partial charge in [0.25, 0.3) is 0 Å². The van der Waals surface area contributed by atoms with Gasteiger partial charge >= 0.3 is 0 Å². The van der Waals surface area contributed by atoms with Crippen molar-refractivity contribution in [2.45, 2.75) is 6.92 Å². The highest BCUT2D eigenvalue weighted by atomic mass is 79.9. The Balaban J connectivity index is 3.88. The molecule has 3 nitrogen and oxygen atoms in total. The van der Waals surface area contributed by atoms with Gasteiger partial charge < -0.3 is 5.11 Å². The molecule has 1 rings (SSSR count). The smallest absolute Gasteiger partial charge is 0.236 e. The minimum atomic E-state index is -0.627. The van der Waals surface area contributed by atoms with Crippen molar-refractivity contribution in [1.82, 2.24) is 0 Å². The summed E-state index contributed by atoms with van der Waals surface area (Å²) in [5.74, 6) is -0.705. The monoisotopic (exact) mass is 398 g/mol. The van der Waals surface area contributed by atoms with Gasteiger partial charge in [-0.15, -0.1) is 0 Å². The highest BCUT2D eigenvalue weighted by Gasteiger charge is 2.16. The van der Waals surface area contributed by atoms with Crippen LogP contribution < -0.4 is 5.43 Å². The van der Waals surface area contributed by atoms with E-state index in [1.54, 1.807) is 0 Å². The minimum absolute atomic E-state index is 0.0464. The van der Waals surface area contributed by atoms with Crippen LogP contribution in [0.2, 0.25) is 0 Å². The van der Waals surface area contributed by atoms with Crippen LogP contribution in [0.4, 0.5) is 0 Å². The second-order valence-electron chi connectivity index (χ2n) is 2.76. The molecule has 0 fully saturated rings. The molecule has 0 amide bonds. The Kier molecular flexibility index (Phi) is 4.08. The lowest BCUT2D eigenvalue weighted by Crippen LogP contribution is -2.04. The van der Waals surface area contributed by atoms with E-state index in [4.69, 9.17) is 0 Å². The summed E-state index contributed by atoms with van der Waals surface area (Å²) in [6, 6.07) is 1.46. The van der Waals surface area contributed by atoms with Gasteiger partial charge in [-0.1, -0.05) is 0 Å². The summed E-state index contributed by atoms with van der Waals surface area (Å²) < 4.78 is 0.712. The first-order valence-electron chi connectivity index (χ1n) is 3.78. The van der Waals surface area contributed by atoms with Crippen molar-refractivity contribution in [1.29, 1.82) is 0 Å². The molecule has 0 radical (unpaired) electrons. The van der Waals surface area contributed by atoms with E-state index in [-0.39, 0.29) is 20.3 Å². The maximum Gasteiger partial charge on any atom is 0.236 e. The standard InChI is InChI=1S/C9H5Br3O3/c1-3(13)6-4(10)2-5(11)8(14)9(15)7(6)12/h2H,1H3,(H,14,15). The van der Waals surface area contributed by atoms with Crippen LogP contribution in [-0.4, -0.2) is 10.9 Å². The van der Waals surface area contributed by atoms with Gasteiger partial charge in [0.1, 0.15) is 0 Å². The van der Waals surface area contributed by atoms with Crippen molar-refractivity contribution in [3.05, 3.63) is 35.3 Å². The summed E-state index contributed by atoms with van der Waals surface area (Å²) >= 11 is 9.20. The van der Waals surface area contributed by atoms with Crippen LogP contribution in [-0.2, 0) is 0 Å². The van der Waals surface area contributed by atoms with Gasteiger partial charge in [0.2, 0.25) is 5.43 Å². The summed E-state index contributed by atoms with van der Waals surface area (Å²) in [6.45, 7) is 1.34. The number of rotatable bonds is 1. The summed E-state index contributed by atoms with van der Waals surface area (Å²) in [7, 11) is 0. The fraction of sp³-hybridized carbons (Fsp3) is 0.111. The van der Waals surface area contributed by atoms with Crippen molar-refractivity contribution in [2.24, 2.45) is 0 Å². The SMILES string of the molecule is CC(=O)c1c(Br)cc(Br)c(O)c(=O)c1Br. The number of Topliss-reactive ketones (excluding diaryl/α,β-unsaturated/α-hetero) is 1. The third-order valence-corrected chi connectivity index (χ3v) is 3.69. The molecule has 0 saturated heterocycles. The third-order valence-electron chi connectivity index (χ3n) is 1.70. The molecule has 15 heavy (non-hydrogen) atoms. The molecule has 6 heteroatoms. The van der Waals surface area contributed by atoms with Crippen molar-refractivity contribution in [3.63, 3.8) is 0 Å². The molecule has 0 aliphatic rings. The number of ketones is 1. The average molecular weight is 401 g/mol. The quantitative estimate of drug-likeness (QED) is 0.736. The maximum absolute atomic E-state index is 11.6. The molecule has 1 aromatic carbocycles. The Morgan fingerprint density at radius 1 is 1.27 bits per heavy atom. The van der Waals surface area contributed by atoms with E-state index >= 15 is 0 Å². The van der Waals surface area contributed by atoms with Crippen molar-refractivity contribution < 1.29 is 9.90 Å². The zero-order valence-electron chi connectivity index (χ0n) is 7.47.